The molecular formula is C19H18N2O2. The van der Waals surface area contributed by atoms with Gasteiger partial charge in [-0.3, -0.25) is 0 Å². The summed E-state index contributed by atoms with van der Waals surface area (Å²) in [5, 5.41) is 18.1. The Balaban J connectivity index is 1.83. The van der Waals surface area contributed by atoms with E-state index in [0.29, 0.717) is 18.6 Å². The van der Waals surface area contributed by atoms with Crippen molar-refractivity contribution < 1.29 is 9.47 Å². The smallest absolute Gasteiger partial charge is 0.122 e. The zero-order valence-corrected chi connectivity index (χ0v) is 13.0. The van der Waals surface area contributed by atoms with E-state index in [4.69, 9.17) is 14.7 Å². The molecule has 0 fully saturated rings. The van der Waals surface area contributed by atoms with Gasteiger partial charge < -0.3 is 9.47 Å². The van der Waals surface area contributed by atoms with E-state index in [0.717, 1.165) is 23.5 Å². The van der Waals surface area contributed by atoms with Crippen molar-refractivity contribution in [2.75, 3.05) is 13.7 Å². The molecule has 2 aromatic rings. The van der Waals surface area contributed by atoms with Crippen molar-refractivity contribution in [1.29, 1.82) is 10.5 Å². The maximum atomic E-state index is 9.32. The van der Waals surface area contributed by atoms with Crippen LogP contribution >= 0.6 is 0 Å². The van der Waals surface area contributed by atoms with E-state index in [1.54, 1.807) is 19.2 Å². The Kier molecular flexibility index (Phi) is 6.03. The molecule has 0 radical (unpaired) electrons. The van der Waals surface area contributed by atoms with Crippen molar-refractivity contribution in [2.24, 2.45) is 0 Å². The predicted molar refractivity (Wildman–Crippen MR) is 87.2 cm³/mol. The fourth-order valence-electron chi connectivity index (χ4n) is 2.26. The second kappa shape index (κ2) is 8.46. The third-order valence-corrected chi connectivity index (χ3v) is 3.55. The molecular weight excluding hydrogens is 288 g/mol. The summed E-state index contributed by atoms with van der Waals surface area (Å²) in [6.07, 6.45) is 1.49. The van der Waals surface area contributed by atoms with E-state index >= 15 is 0 Å². The van der Waals surface area contributed by atoms with Gasteiger partial charge in [0.1, 0.15) is 11.5 Å². The number of benzene rings is 2. The summed E-state index contributed by atoms with van der Waals surface area (Å²) in [5.41, 5.74) is 1.54. The standard InChI is InChI=1S/C19H18N2O2/c1-22-18-5-2-6-19(12-18)23-11-3-4-17(14-21)16-9-7-15(13-20)8-10-16/h2,5-10,12,17H,3-4,11H2,1H3. The Bertz CT molecular complexity index is 711. The van der Waals surface area contributed by atoms with Crippen molar-refractivity contribution in [1.82, 2.24) is 0 Å². The first-order valence-corrected chi connectivity index (χ1v) is 7.43. The van der Waals surface area contributed by atoms with E-state index < -0.39 is 0 Å². The minimum Gasteiger partial charge on any atom is -0.497 e. The predicted octanol–water partition coefficient (Wildman–Crippen LogP) is 4.03. The summed E-state index contributed by atoms with van der Waals surface area (Å²) < 4.78 is 10.8. The Morgan fingerprint density at radius 1 is 1.04 bits per heavy atom. The molecule has 0 amide bonds. The van der Waals surface area contributed by atoms with Crippen LogP contribution < -0.4 is 9.47 Å². The molecule has 2 rings (SSSR count). The monoisotopic (exact) mass is 306 g/mol. The first kappa shape index (κ1) is 16.4. The third kappa shape index (κ3) is 4.76. The highest BCUT2D eigenvalue weighted by atomic mass is 16.5. The van der Waals surface area contributed by atoms with Crippen LogP contribution in [0.15, 0.2) is 48.5 Å². The quantitative estimate of drug-likeness (QED) is 0.724. The lowest BCUT2D eigenvalue weighted by Crippen LogP contribution is -2.02. The van der Waals surface area contributed by atoms with Crippen LogP contribution in [0.25, 0.3) is 0 Å². The average molecular weight is 306 g/mol. The van der Waals surface area contributed by atoms with Crippen molar-refractivity contribution in [3.05, 3.63) is 59.7 Å². The largest absolute Gasteiger partial charge is 0.497 e. The molecule has 1 atom stereocenters. The topological polar surface area (TPSA) is 66.0 Å². The van der Waals surface area contributed by atoms with E-state index in [2.05, 4.69) is 12.1 Å². The molecule has 4 heteroatoms. The number of hydrogen-bond donors (Lipinski definition) is 0. The fourth-order valence-corrected chi connectivity index (χ4v) is 2.26. The molecule has 0 saturated carbocycles. The van der Waals surface area contributed by atoms with Gasteiger partial charge in [0.15, 0.2) is 0 Å². The number of nitriles is 2. The molecule has 23 heavy (non-hydrogen) atoms. The van der Waals surface area contributed by atoms with E-state index in [9.17, 15) is 5.26 Å². The number of methoxy groups -OCH3 is 1. The van der Waals surface area contributed by atoms with E-state index in [-0.39, 0.29) is 5.92 Å². The van der Waals surface area contributed by atoms with Crippen molar-refractivity contribution >= 4 is 0 Å². The van der Waals surface area contributed by atoms with Crippen LogP contribution in [0.5, 0.6) is 11.5 Å². The first-order valence-electron chi connectivity index (χ1n) is 7.43. The molecule has 2 aromatic carbocycles. The lowest BCUT2D eigenvalue weighted by molar-refractivity contribution is 0.302. The van der Waals surface area contributed by atoms with Gasteiger partial charge in [-0.05, 0) is 42.7 Å². The van der Waals surface area contributed by atoms with Crippen LogP contribution in [-0.2, 0) is 0 Å². The molecule has 0 heterocycles. The highest BCUT2D eigenvalue weighted by molar-refractivity contribution is 5.35. The second-order valence-corrected chi connectivity index (χ2v) is 5.09. The lowest BCUT2D eigenvalue weighted by Gasteiger charge is -2.11. The highest BCUT2D eigenvalue weighted by Gasteiger charge is 2.10. The first-order chi connectivity index (χ1) is 11.3. The molecule has 0 N–H and O–H groups in total. The minimum atomic E-state index is -0.184. The maximum Gasteiger partial charge on any atom is 0.122 e. The molecule has 0 spiro atoms. The van der Waals surface area contributed by atoms with Crippen molar-refractivity contribution in [2.45, 2.75) is 18.8 Å². The second-order valence-electron chi connectivity index (χ2n) is 5.09. The Hall–Kier alpha value is -2.98. The average Bonchev–Trinajstić information content (AvgIpc) is 2.62. The van der Waals surface area contributed by atoms with E-state index in [1.807, 2.05) is 36.4 Å². The van der Waals surface area contributed by atoms with Crippen LogP contribution in [0.1, 0.15) is 29.9 Å². The summed E-state index contributed by atoms with van der Waals surface area (Å²) >= 11 is 0. The summed E-state index contributed by atoms with van der Waals surface area (Å²) in [4.78, 5) is 0. The lowest BCUT2D eigenvalue weighted by atomic mass is 9.95. The van der Waals surface area contributed by atoms with Gasteiger partial charge in [-0.15, -0.1) is 0 Å². The number of nitrogens with zero attached hydrogens (tertiary/aromatic N) is 2. The molecule has 4 nitrogen and oxygen atoms in total. The van der Waals surface area contributed by atoms with Gasteiger partial charge in [-0.25, -0.2) is 0 Å². The van der Waals surface area contributed by atoms with Gasteiger partial charge in [-0.2, -0.15) is 10.5 Å². The van der Waals surface area contributed by atoms with Crippen LogP contribution in [0.2, 0.25) is 0 Å². The maximum absolute atomic E-state index is 9.32. The minimum absolute atomic E-state index is 0.184. The molecule has 0 aliphatic heterocycles. The molecule has 0 aliphatic rings. The van der Waals surface area contributed by atoms with Gasteiger partial charge in [0.25, 0.3) is 0 Å². The number of ether oxygens (including phenoxy) is 2. The molecule has 116 valence electrons. The molecule has 0 saturated heterocycles. The normalized spacial score (nSPS) is 11.1. The summed E-state index contributed by atoms with van der Waals surface area (Å²) in [5.74, 6) is 1.34. The van der Waals surface area contributed by atoms with Crippen LogP contribution in [0.3, 0.4) is 0 Å². The van der Waals surface area contributed by atoms with Gasteiger partial charge in [0, 0.05) is 6.07 Å². The van der Waals surface area contributed by atoms with E-state index in [1.165, 1.54) is 0 Å². The Labute approximate surface area is 136 Å². The van der Waals surface area contributed by atoms with Crippen LogP contribution in [0, 0.1) is 22.7 Å². The summed E-state index contributed by atoms with van der Waals surface area (Å²) in [6.45, 7) is 0.543. The molecule has 0 bridgehead atoms. The molecule has 0 aliphatic carbocycles. The zero-order valence-electron chi connectivity index (χ0n) is 13.0. The number of hydrogen-bond acceptors (Lipinski definition) is 4. The zero-order chi connectivity index (χ0) is 16.5. The van der Waals surface area contributed by atoms with Gasteiger partial charge in [0.2, 0.25) is 0 Å². The molecule has 1 unspecified atom stereocenters. The van der Waals surface area contributed by atoms with Gasteiger partial charge in [-0.1, -0.05) is 18.2 Å². The fraction of sp³-hybridized carbons (Fsp3) is 0.263. The van der Waals surface area contributed by atoms with Crippen molar-refractivity contribution in [3.8, 4) is 23.6 Å². The third-order valence-electron chi connectivity index (χ3n) is 3.55. The Morgan fingerprint density at radius 2 is 1.78 bits per heavy atom. The Morgan fingerprint density at radius 3 is 2.43 bits per heavy atom. The summed E-state index contributed by atoms with van der Waals surface area (Å²) in [7, 11) is 1.62. The molecule has 0 aromatic heterocycles. The highest BCUT2D eigenvalue weighted by Crippen LogP contribution is 2.22. The van der Waals surface area contributed by atoms with Gasteiger partial charge in [0.05, 0.1) is 37.3 Å². The summed E-state index contributed by atoms with van der Waals surface area (Å²) in [6, 6.07) is 19.0. The number of rotatable bonds is 7. The SMILES string of the molecule is COc1cccc(OCCCC(C#N)c2ccc(C#N)cc2)c1. The van der Waals surface area contributed by atoms with Gasteiger partial charge >= 0.3 is 0 Å². The van der Waals surface area contributed by atoms with Crippen molar-refractivity contribution in [3.63, 3.8) is 0 Å². The van der Waals surface area contributed by atoms with Crippen LogP contribution in [-0.4, -0.2) is 13.7 Å². The van der Waals surface area contributed by atoms with Crippen LogP contribution in [0.4, 0.5) is 0 Å².